The molecule has 0 aliphatic carbocycles. The largest absolute Gasteiger partial charge is 0.505 e. The maximum Gasteiger partial charge on any atom is 0.147 e. The third-order valence-electron chi connectivity index (χ3n) is 4.63. The van der Waals surface area contributed by atoms with E-state index in [9.17, 15) is 5.11 Å². The standard InChI is InChI=1S/C23H20N2O2/c1-27-20-12-6-5-11-19(20)25-21(16-8-3-2-4-9-16)18-14-13-17-10-7-15-24-22(17)23(18)26/h2-15,21,25-26H,1H3/t21-/m0/s1. The minimum Gasteiger partial charge on any atom is -0.505 e. The lowest BCUT2D eigenvalue weighted by atomic mass is 9.96. The normalized spacial score (nSPS) is 11.9. The molecule has 0 amide bonds. The minimum atomic E-state index is -0.256. The van der Waals surface area contributed by atoms with Crippen LogP contribution < -0.4 is 10.1 Å². The molecule has 0 fully saturated rings. The van der Waals surface area contributed by atoms with Crippen LogP contribution in [0.4, 0.5) is 5.69 Å². The lowest BCUT2D eigenvalue weighted by molar-refractivity contribution is 0.416. The van der Waals surface area contributed by atoms with E-state index in [-0.39, 0.29) is 11.8 Å². The Morgan fingerprint density at radius 2 is 1.67 bits per heavy atom. The van der Waals surface area contributed by atoms with E-state index < -0.39 is 0 Å². The van der Waals surface area contributed by atoms with Crippen LogP contribution in [0.1, 0.15) is 17.2 Å². The fourth-order valence-corrected chi connectivity index (χ4v) is 3.28. The van der Waals surface area contributed by atoms with E-state index in [1.165, 1.54) is 0 Å². The van der Waals surface area contributed by atoms with Crippen molar-refractivity contribution in [3.05, 3.63) is 96.2 Å². The van der Waals surface area contributed by atoms with E-state index in [2.05, 4.69) is 10.3 Å². The number of fused-ring (bicyclic) bond motifs is 1. The summed E-state index contributed by atoms with van der Waals surface area (Å²) in [6, 6.07) is 25.3. The summed E-state index contributed by atoms with van der Waals surface area (Å²) < 4.78 is 5.48. The van der Waals surface area contributed by atoms with Crippen molar-refractivity contribution >= 4 is 16.6 Å². The van der Waals surface area contributed by atoms with Crippen molar-refractivity contribution in [1.29, 1.82) is 0 Å². The Bertz CT molecular complexity index is 1060. The molecule has 1 heterocycles. The zero-order valence-electron chi connectivity index (χ0n) is 15.0. The number of nitrogens with zero attached hydrogens (tertiary/aromatic N) is 1. The zero-order valence-corrected chi connectivity index (χ0v) is 15.0. The predicted molar refractivity (Wildman–Crippen MR) is 108 cm³/mol. The first-order chi connectivity index (χ1) is 13.3. The SMILES string of the molecule is COc1ccccc1N[C@@H](c1ccccc1)c1ccc2cccnc2c1O. The van der Waals surface area contributed by atoms with Crippen molar-refractivity contribution in [3.63, 3.8) is 0 Å². The summed E-state index contributed by atoms with van der Waals surface area (Å²) in [6.45, 7) is 0. The molecule has 0 aliphatic heterocycles. The van der Waals surface area contributed by atoms with Crippen LogP contribution in [-0.2, 0) is 0 Å². The van der Waals surface area contributed by atoms with E-state index >= 15 is 0 Å². The topological polar surface area (TPSA) is 54.4 Å². The number of pyridine rings is 1. The summed E-state index contributed by atoms with van der Waals surface area (Å²) in [7, 11) is 1.65. The van der Waals surface area contributed by atoms with Gasteiger partial charge in [0.15, 0.2) is 0 Å². The van der Waals surface area contributed by atoms with Crippen LogP contribution in [0.3, 0.4) is 0 Å². The number of anilines is 1. The van der Waals surface area contributed by atoms with Crippen LogP contribution in [-0.4, -0.2) is 17.2 Å². The molecule has 4 nitrogen and oxygen atoms in total. The Kier molecular flexibility index (Phi) is 4.62. The van der Waals surface area contributed by atoms with Crippen LogP contribution in [0.5, 0.6) is 11.5 Å². The third-order valence-corrected chi connectivity index (χ3v) is 4.63. The molecule has 0 unspecified atom stereocenters. The number of aromatic hydroxyl groups is 1. The van der Waals surface area contributed by atoms with Crippen molar-refractivity contribution in [2.75, 3.05) is 12.4 Å². The first-order valence-electron chi connectivity index (χ1n) is 8.79. The van der Waals surface area contributed by atoms with Crippen molar-refractivity contribution in [2.24, 2.45) is 0 Å². The molecular formula is C23H20N2O2. The minimum absolute atomic E-state index is 0.185. The molecule has 27 heavy (non-hydrogen) atoms. The number of benzene rings is 3. The van der Waals surface area contributed by atoms with E-state index in [0.717, 1.165) is 28.0 Å². The summed E-state index contributed by atoms with van der Waals surface area (Å²) in [4.78, 5) is 4.36. The maximum atomic E-state index is 11.0. The van der Waals surface area contributed by atoms with Gasteiger partial charge in [0, 0.05) is 17.1 Å². The number of para-hydroxylation sites is 2. The van der Waals surface area contributed by atoms with Crippen LogP contribution in [0.25, 0.3) is 10.9 Å². The van der Waals surface area contributed by atoms with Crippen LogP contribution in [0, 0.1) is 0 Å². The molecule has 4 heteroatoms. The number of aromatic nitrogens is 1. The number of nitrogens with one attached hydrogen (secondary N) is 1. The fourth-order valence-electron chi connectivity index (χ4n) is 3.28. The van der Waals surface area contributed by atoms with Gasteiger partial charge in [-0.2, -0.15) is 0 Å². The van der Waals surface area contributed by atoms with Crippen molar-refractivity contribution < 1.29 is 9.84 Å². The van der Waals surface area contributed by atoms with Crippen molar-refractivity contribution in [2.45, 2.75) is 6.04 Å². The van der Waals surface area contributed by atoms with Gasteiger partial charge in [0.2, 0.25) is 0 Å². The molecule has 0 aliphatic rings. The predicted octanol–water partition coefficient (Wildman–Crippen LogP) is 5.15. The van der Waals surface area contributed by atoms with Gasteiger partial charge in [0.05, 0.1) is 18.8 Å². The zero-order chi connectivity index (χ0) is 18.6. The van der Waals surface area contributed by atoms with E-state index in [1.807, 2.05) is 78.9 Å². The molecule has 2 N–H and O–H groups in total. The van der Waals surface area contributed by atoms with Gasteiger partial charge in [-0.15, -0.1) is 0 Å². The third kappa shape index (κ3) is 3.29. The highest BCUT2D eigenvalue weighted by molar-refractivity contribution is 5.86. The van der Waals surface area contributed by atoms with Gasteiger partial charge in [-0.25, -0.2) is 0 Å². The number of hydrogen-bond donors (Lipinski definition) is 2. The average Bonchev–Trinajstić information content (AvgIpc) is 2.74. The van der Waals surface area contributed by atoms with E-state index in [0.29, 0.717) is 5.52 Å². The number of phenols is 1. The number of ether oxygens (including phenoxy) is 1. The number of methoxy groups -OCH3 is 1. The lowest BCUT2D eigenvalue weighted by Crippen LogP contribution is -2.13. The van der Waals surface area contributed by atoms with Crippen LogP contribution >= 0.6 is 0 Å². The molecule has 4 rings (SSSR count). The van der Waals surface area contributed by atoms with Gasteiger partial charge in [-0.1, -0.05) is 60.7 Å². The number of hydrogen-bond acceptors (Lipinski definition) is 4. The van der Waals surface area contributed by atoms with Gasteiger partial charge < -0.3 is 15.2 Å². The van der Waals surface area contributed by atoms with Gasteiger partial charge in [-0.05, 0) is 23.8 Å². The molecule has 1 atom stereocenters. The highest BCUT2D eigenvalue weighted by Gasteiger charge is 2.20. The second-order valence-corrected chi connectivity index (χ2v) is 6.27. The molecule has 3 aromatic carbocycles. The summed E-state index contributed by atoms with van der Waals surface area (Å²) in [5.41, 5.74) is 3.25. The highest BCUT2D eigenvalue weighted by atomic mass is 16.5. The Balaban J connectivity index is 1.85. The van der Waals surface area contributed by atoms with E-state index in [1.54, 1.807) is 13.3 Å². The summed E-state index contributed by atoms with van der Waals surface area (Å²) in [6.07, 6.45) is 1.69. The first-order valence-corrected chi connectivity index (χ1v) is 8.79. The molecule has 1 aromatic heterocycles. The molecule has 4 aromatic rings. The van der Waals surface area contributed by atoms with E-state index in [4.69, 9.17) is 4.74 Å². The highest BCUT2D eigenvalue weighted by Crippen LogP contribution is 2.38. The Morgan fingerprint density at radius 3 is 2.48 bits per heavy atom. The van der Waals surface area contributed by atoms with Gasteiger partial charge in [0.1, 0.15) is 17.0 Å². The summed E-state index contributed by atoms with van der Waals surface area (Å²) in [5, 5.41) is 15.4. The lowest BCUT2D eigenvalue weighted by Gasteiger charge is -2.23. The van der Waals surface area contributed by atoms with Gasteiger partial charge in [-0.3, -0.25) is 4.98 Å². The summed E-state index contributed by atoms with van der Waals surface area (Å²) in [5.74, 6) is 0.932. The first kappa shape index (κ1) is 16.9. The molecule has 0 bridgehead atoms. The van der Waals surface area contributed by atoms with Crippen LogP contribution in [0.15, 0.2) is 85.1 Å². The summed E-state index contributed by atoms with van der Waals surface area (Å²) >= 11 is 0. The van der Waals surface area contributed by atoms with Crippen molar-refractivity contribution in [3.8, 4) is 11.5 Å². The Morgan fingerprint density at radius 1 is 0.889 bits per heavy atom. The number of phenolic OH excluding ortho intramolecular Hbond substituents is 1. The monoisotopic (exact) mass is 356 g/mol. The molecule has 0 radical (unpaired) electrons. The van der Waals surface area contributed by atoms with Crippen molar-refractivity contribution in [1.82, 2.24) is 4.98 Å². The Hall–Kier alpha value is -3.53. The fraction of sp³-hybridized carbons (Fsp3) is 0.0870. The van der Waals surface area contributed by atoms with Gasteiger partial charge >= 0.3 is 0 Å². The molecule has 0 saturated carbocycles. The molecular weight excluding hydrogens is 336 g/mol. The molecule has 0 saturated heterocycles. The number of rotatable bonds is 5. The molecule has 0 spiro atoms. The van der Waals surface area contributed by atoms with Gasteiger partial charge in [0.25, 0.3) is 0 Å². The molecule has 134 valence electrons. The average molecular weight is 356 g/mol. The van der Waals surface area contributed by atoms with Crippen LogP contribution in [0.2, 0.25) is 0 Å². The Labute approximate surface area is 158 Å². The maximum absolute atomic E-state index is 11.0. The quantitative estimate of drug-likeness (QED) is 0.519. The second kappa shape index (κ2) is 7.38. The second-order valence-electron chi connectivity index (χ2n) is 6.27. The smallest absolute Gasteiger partial charge is 0.147 e.